The molecule has 1 fully saturated rings. The number of ether oxygens (including phenoxy) is 2. The zero-order valence-corrected chi connectivity index (χ0v) is 13.7. The van der Waals surface area contributed by atoms with Gasteiger partial charge in [0.1, 0.15) is 5.54 Å². The van der Waals surface area contributed by atoms with Crippen molar-refractivity contribution in [3.8, 4) is 11.5 Å². The first-order chi connectivity index (χ1) is 10.9. The molecule has 6 heteroatoms. The summed E-state index contributed by atoms with van der Waals surface area (Å²) < 4.78 is 10.3. The Bertz CT molecular complexity index is 591. The van der Waals surface area contributed by atoms with Crippen LogP contribution in [-0.4, -0.2) is 36.7 Å². The Hall–Kier alpha value is -2.24. The van der Waals surface area contributed by atoms with Gasteiger partial charge in [-0.05, 0) is 49.8 Å². The number of nitrogens with one attached hydrogen (secondary N) is 1. The number of carboxylic acids is 1. The predicted octanol–water partition coefficient (Wildman–Crippen LogP) is 2.47. The summed E-state index contributed by atoms with van der Waals surface area (Å²) in [4.78, 5) is 24.2. The van der Waals surface area contributed by atoms with Crippen molar-refractivity contribution in [3.63, 3.8) is 0 Å². The molecule has 1 amide bonds. The van der Waals surface area contributed by atoms with E-state index in [2.05, 4.69) is 12.2 Å². The first-order valence-corrected chi connectivity index (χ1v) is 7.70. The molecule has 0 bridgehead atoms. The van der Waals surface area contributed by atoms with Gasteiger partial charge in [0.25, 0.3) is 5.91 Å². The van der Waals surface area contributed by atoms with Crippen molar-refractivity contribution in [2.24, 2.45) is 5.92 Å². The van der Waals surface area contributed by atoms with Gasteiger partial charge in [-0.2, -0.15) is 0 Å². The maximum absolute atomic E-state index is 12.5. The third-order valence-corrected chi connectivity index (χ3v) is 4.54. The molecule has 1 aromatic carbocycles. The molecule has 126 valence electrons. The Balaban J connectivity index is 2.21. The second kappa shape index (κ2) is 6.89. The van der Waals surface area contributed by atoms with Crippen LogP contribution >= 0.6 is 0 Å². The molecule has 0 aromatic heterocycles. The van der Waals surface area contributed by atoms with Gasteiger partial charge < -0.3 is 19.9 Å². The van der Waals surface area contributed by atoms with Crippen LogP contribution in [0.1, 0.15) is 43.0 Å². The van der Waals surface area contributed by atoms with Crippen molar-refractivity contribution in [2.45, 2.75) is 38.1 Å². The molecule has 1 aliphatic carbocycles. The Morgan fingerprint density at radius 1 is 1.17 bits per heavy atom. The second-order valence-electron chi connectivity index (χ2n) is 6.09. The first kappa shape index (κ1) is 17.1. The Labute approximate surface area is 135 Å². The van der Waals surface area contributed by atoms with Crippen LogP contribution in [0.15, 0.2) is 18.2 Å². The minimum atomic E-state index is -1.18. The number of methoxy groups -OCH3 is 2. The van der Waals surface area contributed by atoms with E-state index in [1.54, 1.807) is 18.2 Å². The van der Waals surface area contributed by atoms with Crippen LogP contribution in [0.25, 0.3) is 0 Å². The smallest absolute Gasteiger partial charge is 0.329 e. The molecule has 0 saturated heterocycles. The number of hydrogen-bond donors (Lipinski definition) is 2. The highest BCUT2D eigenvalue weighted by Crippen LogP contribution is 2.33. The fourth-order valence-corrected chi connectivity index (χ4v) is 2.91. The molecule has 0 atom stereocenters. The van der Waals surface area contributed by atoms with Crippen molar-refractivity contribution < 1.29 is 24.2 Å². The van der Waals surface area contributed by atoms with Gasteiger partial charge in [-0.25, -0.2) is 4.79 Å². The number of amides is 1. The highest BCUT2D eigenvalue weighted by molar-refractivity contribution is 5.98. The Morgan fingerprint density at radius 2 is 1.78 bits per heavy atom. The van der Waals surface area contributed by atoms with Gasteiger partial charge in [-0.15, -0.1) is 0 Å². The van der Waals surface area contributed by atoms with E-state index in [1.165, 1.54) is 14.2 Å². The number of benzene rings is 1. The molecule has 0 spiro atoms. The summed E-state index contributed by atoms with van der Waals surface area (Å²) in [6.45, 7) is 2.10. The molecule has 0 unspecified atom stereocenters. The molecule has 1 aromatic rings. The summed E-state index contributed by atoms with van der Waals surface area (Å²) in [6, 6.07) is 4.77. The fraction of sp³-hybridized carbons (Fsp3) is 0.529. The van der Waals surface area contributed by atoms with Crippen LogP contribution in [0.2, 0.25) is 0 Å². The summed E-state index contributed by atoms with van der Waals surface area (Å²) in [7, 11) is 3.00. The molecular weight excluding hydrogens is 298 g/mol. The van der Waals surface area contributed by atoms with Crippen LogP contribution in [0.3, 0.4) is 0 Å². The number of carbonyl (C=O) groups is 2. The van der Waals surface area contributed by atoms with E-state index in [9.17, 15) is 14.7 Å². The molecule has 23 heavy (non-hydrogen) atoms. The van der Waals surface area contributed by atoms with E-state index < -0.39 is 17.4 Å². The monoisotopic (exact) mass is 321 g/mol. The number of carboxylic acid groups (broad SMARTS) is 1. The van der Waals surface area contributed by atoms with E-state index in [0.717, 1.165) is 12.8 Å². The molecular formula is C17H23NO5. The Morgan fingerprint density at radius 3 is 2.30 bits per heavy atom. The van der Waals surface area contributed by atoms with E-state index in [-0.39, 0.29) is 0 Å². The van der Waals surface area contributed by atoms with Gasteiger partial charge in [0.2, 0.25) is 0 Å². The molecule has 0 aliphatic heterocycles. The molecule has 2 N–H and O–H groups in total. The molecule has 2 rings (SSSR count). The summed E-state index contributed by atoms with van der Waals surface area (Å²) >= 11 is 0. The number of hydrogen-bond acceptors (Lipinski definition) is 4. The van der Waals surface area contributed by atoms with E-state index >= 15 is 0 Å². The average molecular weight is 321 g/mol. The van der Waals surface area contributed by atoms with E-state index in [4.69, 9.17) is 9.47 Å². The summed E-state index contributed by atoms with van der Waals surface area (Å²) in [5, 5.41) is 12.3. The van der Waals surface area contributed by atoms with Crippen LogP contribution in [0.4, 0.5) is 0 Å². The SMILES string of the molecule is COc1ccc(C(=O)NC2(C(=O)O)CCC(C)CC2)cc1OC. The second-order valence-corrected chi connectivity index (χ2v) is 6.09. The number of carbonyl (C=O) groups excluding carboxylic acids is 1. The predicted molar refractivity (Wildman–Crippen MR) is 85.0 cm³/mol. The normalized spacial score (nSPS) is 23.9. The fourth-order valence-electron chi connectivity index (χ4n) is 2.91. The highest BCUT2D eigenvalue weighted by atomic mass is 16.5. The van der Waals surface area contributed by atoms with Crippen LogP contribution in [0.5, 0.6) is 11.5 Å². The third kappa shape index (κ3) is 3.57. The summed E-state index contributed by atoms with van der Waals surface area (Å²) in [6.07, 6.45) is 2.47. The Kier molecular flexibility index (Phi) is 5.13. The molecule has 6 nitrogen and oxygen atoms in total. The largest absolute Gasteiger partial charge is 0.493 e. The third-order valence-electron chi connectivity index (χ3n) is 4.54. The maximum Gasteiger partial charge on any atom is 0.329 e. The maximum atomic E-state index is 12.5. The van der Waals surface area contributed by atoms with Gasteiger partial charge in [0, 0.05) is 5.56 Å². The highest BCUT2D eigenvalue weighted by Gasteiger charge is 2.42. The van der Waals surface area contributed by atoms with Crippen LogP contribution in [0, 0.1) is 5.92 Å². The van der Waals surface area contributed by atoms with Crippen molar-refractivity contribution in [3.05, 3.63) is 23.8 Å². The number of rotatable bonds is 5. The van der Waals surface area contributed by atoms with Gasteiger partial charge in [0.15, 0.2) is 11.5 Å². The standard InChI is InChI=1S/C17H23NO5/c1-11-6-8-17(9-7-11,16(20)21)18-15(19)12-4-5-13(22-2)14(10-12)23-3/h4-5,10-11H,6-9H2,1-3H3,(H,18,19)(H,20,21). The van der Waals surface area contributed by atoms with Gasteiger partial charge in [-0.3, -0.25) is 4.79 Å². The molecule has 0 heterocycles. The van der Waals surface area contributed by atoms with E-state index in [1.807, 2.05) is 0 Å². The first-order valence-electron chi connectivity index (χ1n) is 7.70. The van der Waals surface area contributed by atoms with E-state index in [0.29, 0.717) is 35.8 Å². The molecule has 0 radical (unpaired) electrons. The lowest BCUT2D eigenvalue weighted by Crippen LogP contribution is -2.56. The van der Waals surface area contributed by atoms with Gasteiger partial charge in [0.05, 0.1) is 14.2 Å². The lowest BCUT2D eigenvalue weighted by atomic mass is 9.77. The van der Waals surface area contributed by atoms with Crippen molar-refractivity contribution >= 4 is 11.9 Å². The van der Waals surface area contributed by atoms with Gasteiger partial charge in [-0.1, -0.05) is 6.92 Å². The zero-order valence-electron chi connectivity index (χ0n) is 13.7. The van der Waals surface area contributed by atoms with Crippen LogP contribution < -0.4 is 14.8 Å². The zero-order chi connectivity index (χ0) is 17.0. The van der Waals surface area contributed by atoms with Crippen LogP contribution in [-0.2, 0) is 4.79 Å². The lowest BCUT2D eigenvalue weighted by Gasteiger charge is -2.36. The summed E-state index contributed by atoms with van der Waals surface area (Å²) in [5.74, 6) is 0.0480. The lowest BCUT2D eigenvalue weighted by molar-refractivity contribution is -0.146. The van der Waals surface area contributed by atoms with Crippen molar-refractivity contribution in [1.29, 1.82) is 0 Å². The minimum Gasteiger partial charge on any atom is -0.493 e. The molecule has 1 aliphatic rings. The van der Waals surface area contributed by atoms with Crippen molar-refractivity contribution in [1.82, 2.24) is 5.32 Å². The number of aliphatic carboxylic acids is 1. The quantitative estimate of drug-likeness (QED) is 0.870. The van der Waals surface area contributed by atoms with Crippen molar-refractivity contribution in [2.75, 3.05) is 14.2 Å². The molecule has 1 saturated carbocycles. The summed E-state index contributed by atoms with van der Waals surface area (Å²) in [5.41, 5.74) is -0.835. The average Bonchev–Trinajstić information content (AvgIpc) is 2.56. The van der Waals surface area contributed by atoms with Gasteiger partial charge >= 0.3 is 5.97 Å². The minimum absolute atomic E-state index is 0.349. The topological polar surface area (TPSA) is 84.9 Å².